The van der Waals surface area contributed by atoms with Crippen molar-refractivity contribution in [1.29, 1.82) is 5.41 Å². The minimum atomic E-state index is -0.581. The molecule has 0 aliphatic rings. The molecule has 0 aliphatic heterocycles. The number of aryl methyl sites for hydroxylation is 1. The molecule has 0 aromatic heterocycles. The maximum absolute atomic E-state index is 12.2. The lowest BCUT2D eigenvalue weighted by atomic mass is 9.97. The van der Waals surface area contributed by atoms with Crippen molar-refractivity contribution in [3.8, 4) is 0 Å². The van der Waals surface area contributed by atoms with E-state index in [0.717, 1.165) is 23.1 Å². The molecule has 2 aromatic carbocycles. The second-order valence-electron chi connectivity index (χ2n) is 4.60. The van der Waals surface area contributed by atoms with E-state index in [1.165, 1.54) is 0 Å². The summed E-state index contributed by atoms with van der Waals surface area (Å²) in [6.07, 6.45) is 1.53. The molecule has 0 fully saturated rings. The molecule has 0 radical (unpaired) electrons. The van der Waals surface area contributed by atoms with Gasteiger partial charge in [0.15, 0.2) is 5.78 Å². The van der Waals surface area contributed by atoms with Gasteiger partial charge in [0, 0.05) is 11.1 Å². The van der Waals surface area contributed by atoms with E-state index in [2.05, 4.69) is 11.7 Å². The fourth-order valence-corrected chi connectivity index (χ4v) is 1.98. The van der Waals surface area contributed by atoms with Crippen molar-refractivity contribution in [3.63, 3.8) is 0 Å². The van der Waals surface area contributed by atoms with Crippen molar-refractivity contribution in [1.82, 2.24) is 0 Å². The van der Waals surface area contributed by atoms with Gasteiger partial charge in [-0.1, -0.05) is 61.5 Å². The highest BCUT2D eigenvalue weighted by atomic mass is 16.5. The van der Waals surface area contributed by atoms with Gasteiger partial charge in [0.1, 0.15) is 6.21 Å². The average Bonchev–Trinajstić information content (AvgIpc) is 2.62. The molecule has 0 spiro atoms. The van der Waals surface area contributed by atoms with Gasteiger partial charge in [-0.3, -0.25) is 4.79 Å². The van der Waals surface area contributed by atoms with E-state index in [0.29, 0.717) is 12.8 Å². The number of hydrogen-bond acceptors (Lipinski definition) is 4. The van der Waals surface area contributed by atoms with Crippen LogP contribution in [0.4, 0.5) is 0 Å². The van der Waals surface area contributed by atoms with Crippen LogP contribution in [0.25, 0.3) is 0 Å². The average molecular weight is 311 g/mol. The lowest BCUT2D eigenvalue weighted by Gasteiger charge is -2.06. The van der Waals surface area contributed by atoms with Crippen LogP contribution in [-0.2, 0) is 16.0 Å². The number of ether oxygens (including phenoxy) is 1. The fraction of sp³-hybridized carbons (Fsp3) is 0.211. The van der Waals surface area contributed by atoms with E-state index in [-0.39, 0.29) is 5.78 Å². The zero-order chi connectivity index (χ0) is 17.1. The molecule has 0 bridgehead atoms. The third-order valence-corrected chi connectivity index (χ3v) is 3.08. The minimum absolute atomic E-state index is 0.109. The summed E-state index contributed by atoms with van der Waals surface area (Å²) in [6, 6.07) is 17.2. The Hall–Kier alpha value is -2.75. The first kappa shape index (κ1) is 18.3. The Kier molecular flexibility index (Phi) is 8.00. The standard InChI is InChI=1S/C15H14O.C4H7NO2/c1-2-12-8-6-7-11-14(12)15(16)13-9-4-3-5-10-13;1-2-7-4(6)3-5/h3-11H,2H2,1H3;3,5H,2H2,1H3. The van der Waals surface area contributed by atoms with Gasteiger partial charge in [-0.2, -0.15) is 0 Å². The van der Waals surface area contributed by atoms with Crippen molar-refractivity contribution in [2.75, 3.05) is 6.61 Å². The quantitative estimate of drug-likeness (QED) is 0.520. The summed E-state index contributed by atoms with van der Waals surface area (Å²) in [5.41, 5.74) is 2.68. The molecule has 0 atom stereocenters. The molecule has 1 N–H and O–H groups in total. The molecule has 2 rings (SSSR count). The molecule has 120 valence electrons. The summed E-state index contributed by atoms with van der Waals surface area (Å²) in [4.78, 5) is 22.2. The third kappa shape index (κ3) is 5.87. The van der Waals surface area contributed by atoms with Crippen molar-refractivity contribution < 1.29 is 14.3 Å². The van der Waals surface area contributed by atoms with E-state index in [9.17, 15) is 9.59 Å². The normalized spacial score (nSPS) is 9.30. The number of hydrogen-bond donors (Lipinski definition) is 1. The summed E-state index contributed by atoms with van der Waals surface area (Å²) in [7, 11) is 0. The van der Waals surface area contributed by atoms with Crippen LogP contribution in [0.5, 0.6) is 0 Å². The topological polar surface area (TPSA) is 67.2 Å². The Morgan fingerprint density at radius 1 is 1.00 bits per heavy atom. The summed E-state index contributed by atoms with van der Waals surface area (Å²) in [5, 5.41) is 6.31. The summed E-state index contributed by atoms with van der Waals surface area (Å²) in [6.45, 7) is 4.10. The maximum atomic E-state index is 12.2. The van der Waals surface area contributed by atoms with Crippen molar-refractivity contribution in [2.24, 2.45) is 0 Å². The fourth-order valence-electron chi connectivity index (χ4n) is 1.98. The lowest BCUT2D eigenvalue weighted by Crippen LogP contribution is -2.04. The van der Waals surface area contributed by atoms with Gasteiger partial charge in [-0.15, -0.1) is 0 Å². The molecule has 0 heterocycles. The number of nitrogens with one attached hydrogen (secondary N) is 1. The van der Waals surface area contributed by atoms with Crippen LogP contribution in [0.15, 0.2) is 54.6 Å². The van der Waals surface area contributed by atoms with Crippen molar-refractivity contribution >= 4 is 18.0 Å². The number of benzene rings is 2. The van der Waals surface area contributed by atoms with Crippen LogP contribution in [-0.4, -0.2) is 24.6 Å². The molecule has 0 unspecified atom stereocenters. The Balaban J connectivity index is 0.000000322. The predicted molar refractivity (Wildman–Crippen MR) is 91.1 cm³/mol. The Morgan fingerprint density at radius 2 is 1.61 bits per heavy atom. The van der Waals surface area contributed by atoms with Crippen LogP contribution in [0.3, 0.4) is 0 Å². The monoisotopic (exact) mass is 311 g/mol. The van der Waals surface area contributed by atoms with Gasteiger partial charge < -0.3 is 10.1 Å². The third-order valence-electron chi connectivity index (χ3n) is 3.08. The van der Waals surface area contributed by atoms with Gasteiger partial charge in [0.25, 0.3) is 0 Å². The number of carbonyl (C=O) groups is 2. The molecule has 4 heteroatoms. The molecule has 2 aromatic rings. The van der Waals surface area contributed by atoms with Crippen LogP contribution in [0.2, 0.25) is 0 Å². The second-order valence-corrected chi connectivity index (χ2v) is 4.60. The number of ketones is 1. The van der Waals surface area contributed by atoms with E-state index in [4.69, 9.17) is 5.41 Å². The SMILES string of the molecule is CCOC(=O)C=N.CCc1ccccc1C(=O)c1ccccc1. The highest BCUT2D eigenvalue weighted by Gasteiger charge is 2.11. The highest BCUT2D eigenvalue weighted by Crippen LogP contribution is 2.14. The largest absolute Gasteiger partial charge is 0.462 e. The van der Waals surface area contributed by atoms with E-state index in [1.54, 1.807) is 6.92 Å². The number of carbonyl (C=O) groups excluding carboxylic acids is 2. The molecular weight excluding hydrogens is 290 g/mol. The first-order valence-corrected chi connectivity index (χ1v) is 7.48. The van der Waals surface area contributed by atoms with Gasteiger partial charge in [0.05, 0.1) is 6.61 Å². The zero-order valence-corrected chi connectivity index (χ0v) is 13.4. The van der Waals surface area contributed by atoms with E-state index >= 15 is 0 Å². The Bertz CT molecular complexity index is 651. The van der Waals surface area contributed by atoms with Gasteiger partial charge in [-0.05, 0) is 18.9 Å². The molecule has 0 amide bonds. The molecule has 0 aliphatic carbocycles. The van der Waals surface area contributed by atoms with Gasteiger partial charge in [-0.25, -0.2) is 4.79 Å². The Labute approximate surface area is 136 Å². The molecule has 4 nitrogen and oxygen atoms in total. The van der Waals surface area contributed by atoms with Gasteiger partial charge >= 0.3 is 5.97 Å². The van der Waals surface area contributed by atoms with Crippen LogP contribution < -0.4 is 0 Å². The summed E-state index contributed by atoms with van der Waals surface area (Å²) < 4.78 is 4.31. The predicted octanol–water partition coefficient (Wildman–Crippen LogP) is 3.68. The summed E-state index contributed by atoms with van der Waals surface area (Å²) >= 11 is 0. The smallest absolute Gasteiger partial charge is 0.348 e. The van der Waals surface area contributed by atoms with Crippen LogP contribution in [0, 0.1) is 5.41 Å². The first-order chi connectivity index (χ1) is 11.1. The maximum Gasteiger partial charge on any atom is 0.348 e. The van der Waals surface area contributed by atoms with Gasteiger partial charge in [0.2, 0.25) is 0 Å². The highest BCUT2D eigenvalue weighted by molar-refractivity contribution is 6.21. The molecule has 0 saturated heterocycles. The Morgan fingerprint density at radius 3 is 2.13 bits per heavy atom. The first-order valence-electron chi connectivity index (χ1n) is 7.48. The lowest BCUT2D eigenvalue weighted by molar-refractivity contribution is -0.134. The van der Waals surface area contributed by atoms with E-state index in [1.807, 2.05) is 54.6 Å². The zero-order valence-electron chi connectivity index (χ0n) is 13.4. The van der Waals surface area contributed by atoms with Crippen molar-refractivity contribution in [2.45, 2.75) is 20.3 Å². The second kappa shape index (κ2) is 10.1. The summed E-state index contributed by atoms with van der Waals surface area (Å²) in [5.74, 6) is -0.472. The molecule has 23 heavy (non-hydrogen) atoms. The minimum Gasteiger partial charge on any atom is -0.462 e. The number of rotatable bonds is 5. The van der Waals surface area contributed by atoms with Crippen LogP contribution in [0.1, 0.15) is 35.3 Å². The number of esters is 1. The molecular formula is C19H21NO3. The van der Waals surface area contributed by atoms with Crippen molar-refractivity contribution in [3.05, 3.63) is 71.3 Å². The van der Waals surface area contributed by atoms with E-state index < -0.39 is 5.97 Å². The van der Waals surface area contributed by atoms with Crippen LogP contribution >= 0.6 is 0 Å². The molecule has 0 saturated carbocycles.